The van der Waals surface area contributed by atoms with Gasteiger partial charge >= 0.3 is 0 Å². The van der Waals surface area contributed by atoms with E-state index < -0.39 is 0 Å². The Kier molecular flexibility index (Phi) is 4.96. The van der Waals surface area contributed by atoms with E-state index in [0.717, 1.165) is 11.1 Å². The zero-order valence-corrected chi connectivity index (χ0v) is 10.9. The van der Waals surface area contributed by atoms with E-state index in [4.69, 9.17) is 9.47 Å². The van der Waals surface area contributed by atoms with Crippen LogP contribution >= 0.6 is 0 Å². The molecule has 1 heterocycles. The van der Waals surface area contributed by atoms with Crippen molar-refractivity contribution in [1.82, 2.24) is 5.32 Å². The molecule has 100 valence electrons. The summed E-state index contributed by atoms with van der Waals surface area (Å²) in [5, 5.41) is 2.70. The molecule has 0 spiro atoms. The standard InChI is InChI=1S/C15H17NO3/c1-12(17)16-9-3-2-4-13-5-7-14(8-6-13)15-18-10-11-19-15/h5-8,15H,3,9-11H2,1H3,(H,16,17). The van der Waals surface area contributed by atoms with Gasteiger partial charge in [0, 0.05) is 31.0 Å². The number of rotatable bonds is 3. The second kappa shape index (κ2) is 6.93. The van der Waals surface area contributed by atoms with Gasteiger partial charge in [0.25, 0.3) is 0 Å². The lowest BCUT2D eigenvalue weighted by molar-refractivity contribution is -0.118. The van der Waals surface area contributed by atoms with Gasteiger partial charge in [-0.1, -0.05) is 24.0 Å². The van der Waals surface area contributed by atoms with Gasteiger partial charge in [-0.05, 0) is 12.1 Å². The van der Waals surface area contributed by atoms with Gasteiger partial charge in [-0.25, -0.2) is 0 Å². The zero-order valence-electron chi connectivity index (χ0n) is 10.9. The van der Waals surface area contributed by atoms with Gasteiger partial charge in [0.2, 0.25) is 5.91 Å². The van der Waals surface area contributed by atoms with Crippen molar-refractivity contribution in [2.24, 2.45) is 0 Å². The maximum Gasteiger partial charge on any atom is 0.216 e. The molecule has 1 amide bonds. The Morgan fingerprint density at radius 2 is 2.00 bits per heavy atom. The van der Waals surface area contributed by atoms with Crippen molar-refractivity contribution in [3.63, 3.8) is 0 Å². The van der Waals surface area contributed by atoms with Gasteiger partial charge in [-0.3, -0.25) is 4.79 Å². The highest BCUT2D eigenvalue weighted by molar-refractivity contribution is 5.72. The SMILES string of the molecule is CC(=O)NCCC#Cc1ccc(C2OCCO2)cc1. The summed E-state index contributed by atoms with van der Waals surface area (Å²) in [5.41, 5.74) is 1.96. The summed E-state index contributed by atoms with van der Waals surface area (Å²) >= 11 is 0. The molecule has 0 unspecified atom stereocenters. The molecular weight excluding hydrogens is 242 g/mol. The van der Waals surface area contributed by atoms with Crippen molar-refractivity contribution in [2.45, 2.75) is 19.6 Å². The second-order valence-electron chi connectivity index (χ2n) is 4.23. The quantitative estimate of drug-likeness (QED) is 0.662. The topological polar surface area (TPSA) is 47.6 Å². The lowest BCUT2D eigenvalue weighted by Crippen LogP contribution is -2.20. The molecule has 0 radical (unpaired) electrons. The first-order valence-corrected chi connectivity index (χ1v) is 6.32. The fourth-order valence-corrected chi connectivity index (χ4v) is 1.74. The van der Waals surface area contributed by atoms with E-state index in [1.807, 2.05) is 24.3 Å². The molecule has 4 nitrogen and oxygen atoms in total. The van der Waals surface area contributed by atoms with Crippen LogP contribution in [0.5, 0.6) is 0 Å². The second-order valence-corrected chi connectivity index (χ2v) is 4.23. The summed E-state index contributed by atoms with van der Waals surface area (Å²) in [5.74, 6) is 6.05. The van der Waals surface area contributed by atoms with E-state index in [1.54, 1.807) is 0 Å². The minimum Gasteiger partial charge on any atom is -0.355 e. The summed E-state index contributed by atoms with van der Waals surface area (Å²) < 4.78 is 10.8. The van der Waals surface area contributed by atoms with Gasteiger partial charge in [-0.15, -0.1) is 0 Å². The number of nitrogens with one attached hydrogen (secondary N) is 1. The zero-order chi connectivity index (χ0) is 13.5. The van der Waals surface area contributed by atoms with Crippen molar-refractivity contribution < 1.29 is 14.3 Å². The molecule has 0 bridgehead atoms. The number of carbonyl (C=O) groups is 1. The normalized spacial score (nSPS) is 14.8. The van der Waals surface area contributed by atoms with Gasteiger partial charge in [-0.2, -0.15) is 0 Å². The molecule has 1 aliphatic rings. The van der Waals surface area contributed by atoms with Crippen LogP contribution in [0.3, 0.4) is 0 Å². The number of amides is 1. The van der Waals surface area contributed by atoms with Crippen molar-refractivity contribution in [3.05, 3.63) is 35.4 Å². The van der Waals surface area contributed by atoms with Crippen LogP contribution in [0.15, 0.2) is 24.3 Å². The van der Waals surface area contributed by atoms with E-state index in [2.05, 4.69) is 17.2 Å². The van der Waals surface area contributed by atoms with Crippen LogP contribution in [0.2, 0.25) is 0 Å². The number of benzene rings is 1. The van der Waals surface area contributed by atoms with Crippen LogP contribution in [-0.2, 0) is 14.3 Å². The molecule has 0 atom stereocenters. The summed E-state index contributed by atoms with van der Waals surface area (Å²) in [6, 6.07) is 7.83. The molecular formula is C15H17NO3. The highest BCUT2D eigenvalue weighted by Gasteiger charge is 2.17. The molecule has 0 aromatic heterocycles. The smallest absolute Gasteiger partial charge is 0.216 e. The van der Waals surface area contributed by atoms with Gasteiger partial charge < -0.3 is 14.8 Å². The largest absolute Gasteiger partial charge is 0.355 e. The summed E-state index contributed by atoms with van der Waals surface area (Å²) in [7, 11) is 0. The lowest BCUT2D eigenvalue weighted by atomic mass is 10.1. The molecule has 1 N–H and O–H groups in total. The monoisotopic (exact) mass is 259 g/mol. The highest BCUT2D eigenvalue weighted by atomic mass is 16.7. The predicted molar refractivity (Wildman–Crippen MR) is 71.3 cm³/mol. The molecule has 1 aliphatic heterocycles. The van der Waals surface area contributed by atoms with Crippen molar-refractivity contribution >= 4 is 5.91 Å². The Bertz CT molecular complexity index is 478. The third-order valence-corrected chi connectivity index (χ3v) is 2.66. The third kappa shape index (κ3) is 4.40. The molecule has 1 aromatic rings. The summed E-state index contributed by atoms with van der Waals surface area (Å²) in [4.78, 5) is 10.7. The molecule has 4 heteroatoms. The van der Waals surface area contributed by atoms with Crippen LogP contribution < -0.4 is 5.32 Å². The van der Waals surface area contributed by atoms with Crippen LogP contribution in [-0.4, -0.2) is 25.7 Å². The fraction of sp³-hybridized carbons (Fsp3) is 0.400. The van der Waals surface area contributed by atoms with E-state index >= 15 is 0 Å². The molecule has 0 aliphatic carbocycles. The Balaban J connectivity index is 1.84. The van der Waals surface area contributed by atoms with Gasteiger partial charge in [0.1, 0.15) is 0 Å². The first-order chi connectivity index (χ1) is 9.25. The highest BCUT2D eigenvalue weighted by Crippen LogP contribution is 2.22. The molecule has 1 fully saturated rings. The maximum absolute atomic E-state index is 10.7. The van der Waals surface area contributed by atoms with Gasteiger partial charge in [0.15, 0.2) is 6.29 Å². The van der Waals surface area contributed by atoms with Crippen molar-refractivity contribution in [1.29, 1.82) is 0 Å². The Labute approximate surface area is 113 Å². The molecule has 0 saturated carbocycles. The Hall–Kier alpha value is -1.83. The lowest BCUT2D eigenvalue weighted by Gasteiger charge is -2.08. The predicted octanol–water partition coefficient (Wildman–Crippen LogP) is 1.61. The van der Waals surface area contributed by atoms with E-state index in [0.29, 0.717) is 26.2 Å². The number of ether oxygens (including phenoxy) is 2. The third-order valence-electron chi connectivity index (χ3n) is 2.66. The maximum atomic E-state index is 10.7. The first-order valence-electron chi connectivity index (χ1n) is 6.32. The first kappa shape index (κ1) is 13.6. The average Bonchev–Trinajstić information content (AvgIpc) is 2.93. The summed E-state index contributed by atoms with van der Waals surface area (Å²) in [6.45, 7) is 3.38. The molecule has 1 aromatic carbocycles. The Morgan fingerprint density at radius 1 is 1.32 bits per heavy atom. The van der Waals surface area contributed by atoms with E-state index in [9.17, 15) is 4.79 Å². The minimum absolute atomic E-state index is 0.0253. The fourth-order valence-electron chi connectivity index (χ4n) is 1.74. The number of hydrogen-bond donors (Lipinski definition) is 1. The number of carbonyl (C=O) groups excluding carboxylic acids is 1. The molecule has 2 rings (SSSR count). The van der Waals surface area contributed by atoms with E-state index in [-0.39, 0.29) is 12.2 Å². The minimum atomic E-state index is -0.234. The Morgan fingerprint density at radius 3 is 2.63 bits per heavy atom. The van der Waals surface area contributed by atoms with Crippen LogP contribution in [0.25, 0.3) is 0 Å². The van der Waals surface area contributed by atoms with Crippen LogP contribution in [0, 0.1) is 11.8 Å². The summed E-state index contributed by atoms with van der Waals surface area (Å²) in [6.07, 6.45) is 0.415. The van der Waals surface area contributed by atoms with Gasteiger partial charge in [0.05, 0.1) is 13.2 Å². The van der Waals surface area contributed by atoms with Crippen LogP contribution in [0.4, 0.5) is 0 Å². The molecule has 19 heavy (non-hydrogen) atoms. The van der Waals surface area contributed by atoms with Crippen molar-refractivity contribution in [2.75, 3.05) is 19.8 Å². The van der Waals surface area contributed by atoms with E-state index in [1.165, 1.54) is 6.92 Å². The van der Waals surface area contributed by atoms with Crippen LogP contribution in [0.1, 0.15) is 30.8 Å². The average molecular weight is 259 g/mol. The van der Waals surface area contributed by atoms with Crippen molar-refractivity contribution in [3.8, 4) is 11.8 Å². The number of hydrogen-bond acceptors (Lipinski definition) is 3. The molecule has 1 saturated heterocycles.